The highest BCUT2D eigenvalue weighted by molar-refractivity contribution is 14.1. The largest absolute Gasteiger partial charge is 0.273 e. The van der Waals surface area contributed by atoms with Gasteiger partial charge in [-0.1, -0.05) is 0 Å². The molecular weight excluding hydrogens is 462 g/mol. The molecule has 0 bridgehead atoms. The number of aromatic nitrogens is 4. The van der Waals surface area contributed by atoms with Crippen LogP contribution in [0.25, 0.3) is 5.69 Å². The Bertz CT molecular complexity index is 812. The molecule has 3 aromatic rings. The zero-order valence-electron chi connectivity index (χ0n) is 11.8. The number of hydrogen-bond donors (Lipinski definition) is 0. The minimum absolute atomic E-state index is 0.245. The van der Waals surface area contributed by atoms with Gasteiger partial charge in [-0.05, 0) is 75.3 Å². The molecule has 7 heteroatoms. The average Bonchev–Trinajstić information content (AvgIpc) is 3.06. The highest BCUT2D eigenvalue weighted by Gasteiger charge is 2.13. The van der Waals surface area contributed by atoms with E-state index in [4.69, 9.17) is 0 Å². The molecule has 0 unspecified atom stereocenters. The molecule has 1 aromatic carbocycles. The summed E-state index contributed by atoms with van der Waals surface area (Å²) in [6.45, 7) is 2.90. The third-order valence-corrected chi connectivity index (χ3v) is 4.54. The number of benzene rings is 1. The lowest BCUT2D eigenvalue weighted by Crippen LogP contribution is -2.05. The van der Waals surface area contributed by atoms with E-state index in [1.54, 1.807) is 6.07 Å². The van der Waals surface area contributed by atoms with Gasteiger partial charge in [0.25, 0.3) is 0 Å². The van der Waals surface area contributed by atoms with Crippen molar-refractivity contribution in [2.24, 2.45) is 0 Å². The van der Waals surface area contributed by atoms with E-state index >= 15 is 0 Å². The zero-order chi connectivity index (χ0) is 15.7. The molecular formula is C15H13BrFIN4. The Balaban J connectivity index is 1.99. The molecule has 114 valence electrons. The fourth-order valence-corrected chi connectivity index (χ4v) is 3.38. The van der Waals surface area contributed by atoms with Gasteiger partial charge in [0.15, 0.2) is 0 Å². The third kappa shape index (κ3) is 3.24. The first-order valence-electron chi connectivity index (χ1n) is 6.78. The summed E-state index contributed by atoms with van der Waals surface area (Å²) in [6.07, 6.45) is 4.61. The summed E-state index contributed by atoms with van der Waals surface area (Å²) >= 11 is 5.55. The Labute approximate surface area is 149 Å². The number of rotatable bonds is 4. The molecule has 0 aliphatic rings. The van der Waals surface area contributed by atoms with Gasteiger partial charge in [0.2, 0.25) is 0 Å². The summed E-state index contributed by atoms with van der Waals surface area (Å²) in [6, 6.07) is 6.68. The number of hydrogen-bond acceptors (Lipinski definition) is 2. The van der Waals surface area contributed by atoms with Crippen molar-refractivity contribution < 1.29 is 4.39 Å². The molecule has 0 saturated carbocycles. The Morgan fingerprint density at radius 3 is 2.82 bits per heavy atom. The second kappa shape index (κ2) is 6.49. The van der Waals surface area contributed by atoms with E-state index in [9.17, 15) is 4.39 Å². The lowest BCUT2D eigenvalue weighted by Gasteiger charge is -2.09. The standard InChI is InChI=1S/C15H13BrFIN4/c1-2-21-9-10(8-19-21)5-12-7-15(16)20-22(12)14-4-3-11(17)6-13(14)18/h3-4,6-9H,2,5H2,1H3. The predicted octanol–water partition coefficient (Wildman–Crippen LogP) is 4.19. The second-order valence-corrected chi connectivity index (χ2v) is 6.82. The summed E-state index contributed by atoms with van der Waals surface area (Å²) < 4.78 is 18.6. The lowest BCUT2D eigenvalue weighted by atomic mass is 10.2. The molecule has 0 atom stereocenters. The van der Waals surface area contributed by atoms with Gasteiger partial charge in [-0.2, -0.15) is 10.2 Å². The minimum atomic E-state index is -0.245. The van der Waals surface area contributed by atoms with Crippen molar-refractivity contribution in [1.29, 1.82) is 0 Å². The van der Waals surface area contributed by atoms with Crippen LogP contribution >= 0.6 is 38.5 Å². The lowest BCUT2D eigenvalue weighted by molar-refractivity contribution is 0.625. The van der Waals surface area contributed by atoms with E-state index < -0.39 is 0 Å². The van der Waals surface area contributed by atoms with Crippen LogP contribution < -0.4 is 0 Å². The van der Waals surface area contributed by atoms with E-state index in [0.717, 1.165) is 31.7 Å². The molecule has 3 rings (SSSR count). The summed E-state index contributed by atoms with van der Waals surface area (Å²) in [7, 11) is 0. The zero-order valence-corrected chi connectivity index (χ0v) is 15.5. The maximum absolute atomic E-state index is 13.3. The molecule has 4 nitrogen and oxygen atoms in total. The minimum Gasteiger partial charge on any atom is -0.273 e. The Hall–Kier alpha value is -1.22. The normalized spacial score (nSPS) is 11.1. The van der Waals surface area contributed by atoms with Crippen molar-refractivity contribution in [3.05, 3.63) is 61.9 Å². The number of aryl methyl sites for hydroxylation is 1. The van der Waals surface area contributed by atoms with Crippen LogP contribution in [0.4, 0.5) is 4.39 Å². The van der Waals surface area contributed by atoms with Gasteiger partial charge in [-0.25, -0.2) is 9.07 Å². The van der Waals surface area contributed by atoms with E-state index in [2.05, 4.69) is 55.6 Å². The fraction of sp³-hybridized carbons (Fsp3) is 0.200. The quantitative estimate of drug-likeness (QED) is 0.531. The maximum atomic E-state index is 13.3. The van der Waals surface area contributed by atoms with Gasteiger partial charge >= 0.3 is 0 Å². The van der Waals surface area contributed by atoms with Crippen molar-refractivity contribution in [3.8, 4) is 5.69 Å². The van der Waals surface area contributed by atoms with Crippen molar-refractivity contribution >= 4 is 38.5 Å². The molecule has 0 saturated heterocycles. The first-order chi connectivity index (χ1) is 10.6. The van der Waals surface area contributed by atoms with E-state index in [1.807, 2.05) is 27.8 Å². The van der Waals surface area contributed by atoms with Gasteiger partial charge in [0, 0.05) is 28.4 Å². The first-order valence-corrected chi connectivity index (χ1v) is 8.65. The van der Waals surface area contributed by atoms with Gasteiger partial charge in [-0.15, -0.1) is 0 Å². The van der Waals surface area contributed by atoms with Crippen LogP contribution in [0, 0.1) is 9.39 Å². The van der Waals surface area contributed by atoms with Crippen LogP contribution in [0.2, 0.25) is 0 Å². The van der Waals surface area contributed by atoms with E-state index in [1.165, 1.54) is 12.1 Å². The summed E-state index contributed by atoms with van der Waals surface area (Å²) in [5, 5.41) is 8.77. The molecule has 2 aromatic heterocycles. The fourth-order valence-electron chi connectivity index (χ4n) is 2.25. The third-order valence-electron chi connectivity index (χ3n) is 3.29. The average molecular weight is 475 g/mol. The van der Waals surface area contributed by atoms with Gasteiger partial charge < -0.3 is 0 Å². The van der Waals surface area contributed by atoms with Gasteiger partial charge in [0.05, 0.1) is 11.9 Å². The van der Waals surface area contributed by atoms with E-state index in [-0.39, 0.29) is 5.82 Å². The van der Waals surface area contributed by atoms with Crippen LogP contribution in [0.3, 0.4) is 0 Å². The van der Waals surface area contributed by atoms with Crippen LogP contribution in [0.15, 0.2) is 41.3 Å². The Morgan fingerprint density at radius 1 is 1.32 bits per heavy atom. The molecule has 0 radical (unpaired) electrons. The van der Waals surface area contributed by atoms with Crippen molar-refractivity contribution in [2.45, 2.75) is 19.9 Å². The molecule has 2 heterocycles. The molecule has 0 fully saturated rings. The van der Waals surface area contributed by atoms with Gasteiger partial charge in [-0.3, -0.25) is 4.68 Å². The van der Waals surface area contributed by atoms with Gasteiger partial charge in [0.1, 0.15) is 10.4 Å². The molecule has 22 heavy (non-hydrogen) atoms. The SMILES string of the molecule is CCn1cc(Cc2cc(Br)nn2-c2ccc(F)cc2I)cn1. The number of nitrogens with zero attached hydrogens (tertiary/aromatic N) is 4. The Morgan fingerprint density at radius 2 is 2.14 bits per heavy atom. The summed E-state index contributed by atoms with van der Waals surface area (Å²) in [5.41, 5.74) is 3.00. The highest BCUT2D eigenvalue weighted by Crippen LogP contribution is 2.23. The van der Waals surface area contributed by atoms with Crippen LogP contribution in [0.5, 0.6) is 0 Å². The van der Waals surface area contributed by atoms with Crippen LogP contribution in [-0.4, -0.2) is 19.6 Å². The molecule has 0 aliphatic carbocycles. The molecule has 0 spiro atoms. The molecule has 0 N–H and O–H groups in total. The van der Waals surface area contributed by atoms with E-state index in [0.29, 0.717) is 6.42 Å². The highest BCUT2D eigenvalue weighted by atomic mass is 127. The Kier molecular flexibility index (Phi) is 4.62. The molecule has 0 aliphatic heterocycles. The number of halogens is 3. The summed E-state index contributed by atoms with van der Waals surface area (Å²) in [5.74, 6) is -0.245. The second-order valence-electron chi connectivity index (χ2n) is 4.85. The van der Waals surface area contributed by atoms with Crippen LogP contribution in [-0.2, 0) is 13.0 Å². The van der Waals surface area contributed by atoms with Crippen LogP contribution in [0.1, 0.15) is 18.2 Å². The first kappa shape index (κ1) is 15.7. The maximum Gasteiger partial charge on any atom is 0.128 e. The monoisotopic (exact) mass is 474 g/mol. The van der Waals surface area contributed by atoms with Crippen molar-refractivity contribution in [3.63, 3.8) is 0 Å². The smallest absolute Gasteiger partial charge is 0.128 e. The predicted molar refractivity (Wildman–Crippen MR) is 94.6 cm³/mol. The topological polar surface area (TPSA) is 35.6 Å². The summed E-state index contributed by atoms with van der Waals surface area (Å²) in [4.78, 5) is 0. The molecule has 0 amide bonds. The van der Waals surface area contributed by atoms with Crippen molar-refractivity contribution in [1.82, 2.24) is 19.6 Å². The van der Waals surface area contributed by atoms with Crippen molar-refractivity contribution in [2.75, 3.05) is 0 Å².